The van der Waals surface area contributed by atoms with E-state index in [0.717, 1.165) is 0 Å². The Bertz CT molecular complexity index is 1280. The van der Waals surface area contributed by atoms with Crippen LogP contribution in [0.3, 0.4) is 0 Å². The maximum atomic E-state index is 13.7. The van der Waals surface area contributed by atoms with Crippen LogP contribution in [0.1, 0.15) is 44.7 Å². The second-order valence-electron chi connectivity index (χ2n) is 10.9. The van der Waals surface area contributed by atoms with Crippen molar-refractivity contribution in [3.63, 3.8) is 0 Å². The number of phenolic OH excluding ortho intramolecular Hbond substituents is 1. The molecule has 12 heteroatoms. The molecule has 2 aromatic rings. The van der Waals surface area contributed by atoms with E-state index >= 15 is 0 Å². The molecule has 1 aliphatic rings. The van der Waals surface area contributed by atoms with E-state index in [1.807, 2.05) is 0 Å². The van der Waals surface area contributed by atoms with Crippen LogP contribution in [0.15, 0.2) is 54.6 Å². The first-order valence-electron chi connectivity index (χ1n) is 13.1. The van der Waals surface area contributed by atoms with Crippen molar-refractivity contribution in [2.75, 3.05) is 12.3 Å². The number of amides is 2. The fourth-order valence-corrected chi connectivity index (χ4v) is 6.13. The van der Waals surface area contributed by atoms with Gasteiger partial charge in [0.2, 0.25) is 15.9 Å². The summed E-state index contributed by atoms with van der Waals surface area (Å²) in [5.74, 6) is -2.20. The molecule has 0 aliphatic carbocycles. The largest absolute Gasteiger partial charge is 0.508 e. The number of hydrogen-bond donors (Lipinski definition) is 4. The van der Waals surface area contributed by atoms with Crippen LogP contribution in [0, 0.1) is 0 Å². The molecule has 3 rings (SSSR count). The summed E-state index contributed by atoms with van der Waals surface area (Å²) in [7, 11) is -4.10. The second-order valence-corrected chi connectivity index (χ2v) is 12.7. The summed E-state index contributed by atoms with van der Waals surface area (Å²) in [6, 6.07) is 11.7. The van der Waals surface area contributed by atoms with E-state index in [0.29, 0.717) is 24.0 Å². The van der Waals surface area contributed by atoms with Crippen LogP contribution in [-0.2, 0) is 37.2 Å². The monoisotopic (exact) mass is 575 g/mol. The highest BCUT2D eigenvalue weighted by Gasteiger charge is 2.38. The molecule has 1 fully saturated rings. The highest BCUT2D eigenvalue weighted by Crippen LogP contribution is 2.22. The Morgan fingerprint density at radius 2 is 1.60 bits per heavy atom. The third kappa shape index (κ3) is 9.53. The minimum absolute atomic E-state index is 0.0305. The number of carbonyl (C=O) groups excluding carboxylic acids is 2. The van der Waals surface area contributed by atoms with Gasteiger partial charge in [-0.3, -0.25) is 9.59 Å². The van der Waals surface area contributed by atoms with Crippen molar-refractivity contribution in [1.29, 1.82) is 0 Å². The van der Waals surface area contributed by atoms with Crippen LogP contribution in [0.25, 0.3) is 0 Å². The van der Waals surface area contributed by atoms with Gasteiger partial charge in [0.1, 0.15) is 23.4 Å². The first-order valence-corrected chi connectivity index (χ1v) is 14.7. The van der Waals surface area contributed by atoms with Gasteiger partial charge >= 0.3 is 12.1 Å². The van der Waals surface area contributed by atoms with Crippen LogP contribution in [0.2, 0.25) is 0 Å². The third-order valence-corrected chi connectivity index (χ3v) is 7.81. The number of ether oxygens (including phenoxy) is 1. The first-order chi connectivity index (χ1) is 18.7. The summed E-state index contributed by atoms with van der Waals surface area (Å²) in [5.41, 5.74) is 0.537. The molecule has 11 nitrogen and oxygen atoms in total. The lowest BCUT2D eigenvalue weighted by Crippen LogP contribution is -2.54. The van der Waals surface area contributed by atoms with Crippen molar-refractivity contribution in [3.05, 3.63) is 65.7 Å². The standard InChI is InChI=1S/C28H37N3O8S/c1-28(2,3)39-27(36)29-23(16-20-11-13-22(32)14-12-20)25(33)31-15-7-10-21(31)18-40(37,38)30-24(26(34)35)17-19-8-5-4-6-9-19/h4-6,8-9,11-14,21,23-24,30,32H,7,10,15-18H2,1-3H3,(H,29,36)(H,34,35)/t21-,23-,24-/m0/s1. The minimum Gasteiger partial charge on any atom is -0.508 e. The summed E-state index contributed by atoms with van der Waals surface area (Å²) in [5, 5.41) is 21.9. The number of carbonyl (C=O) groups is 3. The molecular formula is C28H37N3O8S. The van der Waals surface area contributed by atoms with Gasteiger partial charge in [0.25, 0.3) is 0 Å². The number of nitrogens with one attached hydrogen (secondary N) is 2. The van der Waals surface area contributed by atoms with Gasteiger partial charge < -0.3 is 25.2 Å². The maximum absolute atomic E-state index is 13.7. The number of sulfonamides is 1. The number of aromatic hydroxyl groups is 1. The summed E-state index contributed by atoms with van der Waals surface area (Å²) in [4.78, 5) is 39.5. The van der Waals surface area contributed by atoms with Crippen LogP contribution in [0.4, 0.5) is 4.79 Å². The number of phenols is 1. The lowest BCUT2D eigenvalue weighted by Gasteiger charge is -2.30. The number of carboxylic acids is 1. The number of benzene rings is 2. The van der Waals surface area contributed by atoms with E-state index in [2.05, 4.69) is 10.0 Å². The quantitative estimate of drug-likeness (QED) is 0.318. The Kier molecular flexibility index (Phi) is 10.2. The number of rotatable bonds is 11. The lowest BCUT2D eigenvalue weighted by atomic mass is 10.0. The number of aliphatic carboxylic acids is 1. The van der Waals surface area contributed by atoms with Crippen LogP contribution >= 0.6 is 0 Å². The molecule has 1 heterocycles. The summed E-state index contributed by atoms with van der Waals surface area (Å²) in [6.07, 6.45) is 0.222. The van der Waals surface area contributed by atoms with Gasteiger partial charge in [-0.2, -0.15) is 0 Å². The minimum atomic E-state index is -4.10. The first kappa shape index (κ1) is 30.9. The number of carboxylic acid groups (broad SMARTS) is 1. The molecule has 0 aromatic heterocycles. The molecule has 218 valence electrons. The Morgan fingerprint density at radius 3 is 2.20 bits per heavy atom. The number of nitrogens with zero attached hydrogens (tertiary/aromatic N) is 1. The molecule has 3 atom stereocenters. The van der Waals surface area contributed by atoms with Gasteiger partial charge in [-0.05, 0) is 63.3 Å². The molecule has 40 heavy (non-hydrogen) atoms. The Labute approximate surface area is 234 Å². The van der Waals surface area contributed by atoms with E-state index in [4.69, 9.17) is 4.74 Å². The molecule has 0 spiro atoms. The molecule has 2 amide bonds. The molecule has 1 saturated heterocycles. The van der Waals surface area contributed by atoms with Crippen LogP contribution < -0.4 is 10.0 Å². The van der Waals surface area contributed by atoms with Gasteiger partial charge in [-0.1, -0.05) is 42.5 Å². The Hall–Kier alpha value is -3.64. The van der Waals surface area contributed by atoms with Crippen molar-refractivity contribution >= 4 is 28.0 Å². The second kappa shape index (κ2) is 13.1. The average molecular weight is 576 g/mol. The van der Waals surface area contributed by atoms with Crippen molar-refractivity contribution < 1.29 is 37.8 Å². The summed E-state index contributed by atoms with van der Waals surface area (Å²) >= 11 is 0. The smallest absolute Gasteiger partial charge is 0.408 e. The van der Waals surface area contributed by atoms with Crippen molar-refractivity contribution in [2.24, 2.45) is 0 Å². The average Bonchev–Trinajstić information content (AvgIpc) is 3.30. The van der Waals surface area contributed by atoms with Gasteiger partial charge in [-0.25, -0.2) is 17.9 Å². The SMILES string of the molecule is CC(C)(C)OC(=O)N[C@@H](Cc1ccc(O)cc1)C(=O)N1CCC[C@H]1CS(=O)(=O)N[C@@H](Cc1ccccc1)C(=O)O. The predicted octanol–water partition coefficient (Wildman–Crippen LogP) is 2.43. The van der Waals surface area contributed by atoms with Gasteiger partial charge in [0, 0.05) is 19.0 Å². The predicted molar refractivity (Wildman–Crippen MR) is 148 cm³/mol. The van der Waals surface area contributed by atoms with Gasteiger partial charge in [-0.15, -0.1) is 0 Å². The van der Waals surface area contributed by atoms with E-state index in [9.17, 15) is 33.0 Å². The highest BCUT2D eigenvalue weighted by atomic mass is 32.2. The van der Waals surface area contributed by atoms with Crippen molar-refractivity contribution in [1.82, 2.24) is 14.9 Å². The number of hydrogen-bond acceptors (Lipinski definition) is 7. The molecule has 0 bridgehead atoms. The highest BCUT2D eigenvalue weighted by molar-refractivity contribution is 7.89. The normalized spacial score (nSPS) is 17.2. The summed E-state index contributed by atoms with van der Waals surface area (Å²) in [6.45, 7) is 5.37. The molecule has 0 unspecified atom stereocenters. The van der Waals surface area contributed by atoms with Crippen molar-refractivity contribution in [3.8, 4) is 5.75 Å². The number of alkyl carbamates (subject to hydrolysis) is 1. The van der Waals surface area contributed by atoms with E-state index in [1.165, 1.54) is 17.0 Å². The molecule has 1 aliphatic heterocycles. The lowest BCUT2D eigenvalue weighted by molar-refractivity contribution is -0.139. The molecule has 2 aromatic carbocycles. The van der Waals surface area contributed by atoms with Crippen molar-refractivity contribution in [2.45, 2.75) is 70.2 Å². The topological polar surface area (TPSA) is 162 Å². The van der Waals surface area contributed by atoms with E-state index < -0.39 is 57.5 Å². The zero-order valence-corrected chi connectivity index (χ0v) is 23.7. The molecule has 0 saturated carbocycles. The molecular weight excluding hydrogens is 538 g/mol. The van der Waals surface area contributed by atoms with E-state index in [1.54, 1.807) is 63.2 Å². The molecule has 0 radical (unpaired) electrons. The maximum Gasteiger partial charge on any atom is 0.408 e. The third-order valence-electron chi connectivity index (χ3n) is 6.34. The zero-order valence-electron chi connectivity index (χ0n) is 22.9. The fraction of sp³-hybridized carbons (Fsp3) is 0.464. The summed E-state index contributed by atoms with van der Waals surface area (Å²) < 4.78 is 33.7. The van der Waals surface area contributed by atoms with Gasteiger partial charge in [0.05, 0.1) is 5.75 Å². The zero-order chi connectivity index (χ0) is 29.5. The Morgan fingerprint density at radius 1 is 1.00 bits per heavy atom. The van der Waals surface area contributed by atoms with E-state index in [-0.39, 0.29) is 25.1 Å². The Balaban J connectivity index is 1.75. The van der Waals surface area contributed by atoms with Crippen LogP contribution in [0.5, 0.6) is 5.75 Å². The van der Waals surface area contributed by atoms with Crippen LogP contribution in [-0.4, -0.2) is 77.5 Å². The fourth-order valence-electron chi connectivity index (χ4n) is 4.56. The van der Waals surface area contributed by atoms with Gasteiger partial charge in [0.15, 0.2) is 0 Å². The molecule has 4 N–H and O–H groups in total. The number of likely N-dealkylation sites (tertiary alicyclic amines) is 1.